The van der Waals surface area contributed by atoms with Crippen molar-refractivity contribution in [3.05, 3.63) is 35.9 Å². The molecular formula is C10H10N4O3. The molecule has 2 aromatic heterocycles. The number of hydrogen-bond donors (Lipinski definition) is 3. The molecule has 0 amide bonds. The molecule has 0 atom stereocenters. The zero-order valence-electron chi connectivity index (χ0n) is 8.75. The molecule has 0 saturated carbocycles. The minimum Gasteiger partial charge on any atom is -0.477 e. The maximum absolute atomic E-state index is 10.7. The molecule has 0 radical (unpaired) electrons. The maximum atomic E-state index is 10.7. The second-order valence-electron chi connectivity index (χ2n) is 3.28. The van der Waals surface area contributed by atoms with E-state index < -0.39 is 5.97 Å². The topological polar surface area (TPSA) is 114 Å². The average molecular weight is 234 g/mol. The number of pyridine rings is 1. The molecule has 0 aliphatic rings. The van der Waals surface area contributed by atoms with Gasteiger partial charge < -0.3 is 20.7 Å². The van der Waals surface area contributed by atoms with Gasteiger partial charge >= 0.3 is 5.97 Å². The molecule has 2 rings (SSSR count). The van der Waals surface area contributed by atoms with E-state index in [1.165, 1.54) is 18.4 Å². The van der Waals surface area contributed by atoms with Crippen molar-refractivity contribution in [1.29, 1.82) is 0 Å². The lowest BCUT2D eigenvalue weighted by molar-refractivity contribution is 0.0690. The van der Waals surface area contributed by atoms with E-state index in [0.29, 0.717) is 23.7 Å². The van der Waals surface area contributed by atoms with Crippen LogP contribution in [0.15, 0.2) is 29.0 Å². The van der Waals surface area contributed by atoms with Crippen LogP contribution in [0.3, 0.4) is 0 Å². The molecule has 4 N–H and O–H groups in total. The van der Waals surface area contributed by atoms with Crippen LogP contribution in [0.1, 0.15) is 16.2 Å². The van der Waals surface area contributed by atoms with Gasteiger partial charge in [-0.1, -0.05) is 5.16 Å². The number of nitrogens with one attached hydrogen (secondary N) is 1. The predicted molar refractivity (Wildman–Crippen MR) is 59.4 cm³/mol. The molecule has 0 fully saturated rings. The summed E-state index contributed by atoms with van der Waals surface area (Å²) in [5, 5.41) is 15.4. The van der Waals surface area contributed by atoms with Crippen LogP contribution < -0.4 is 11.1 Å². The predicted octanol–water partition coefficient (Wildman–Crippen LogP) is 0.962. The highest BCUT2D eigenvalue weighted by atomic mass is 16.5. The standard InChI is InChI=1S/C10H10N4O3/c11-7-1-2-8(10(15)16)13-9(7)12-5-6-3-4-17-14-6/h1-4H,5,11H2,(H,12,13)(H,15,16). The zero-order chi connectivity index (χ0) is 12.3. The molecule has 0 spiro atoms. The quantitative estimate of drug-likeness (QED) is 0.721. The third-order valence-electron chi connectivity index (χ3n) is 2.07. The Balaban J connectivity index is 2.14. The molecule has 7 nitrogen and oxygen atoms in total. The van der Waals surface area contributed by atoms with Gasteiger partial charge in [0.1, 0.15) is 12.0 Å². The van der Waals surface area contributed by atoms with Crippen LogP contribution in [0.2, 0.25) is 0 Å². The molecule has 0 aliphatic heterocycles. The number of aromatic nitrogens is 2. The first-order valence-corrected chi connectivity index (χ1v) is 4.80. The number of carbonyl (C=O) groups is 1. The Morgan fingerprint density at radius 3 is 2.94 bits per heavy atom. The smallest absolute Gasteiger partial charge is 0.354 e. The first-order chi connectivity index (χ1) is 8.16. The number of aromatic carboxylic acids is 1. The third-order valence-corrected chi connectivity index (χ3v) is 2.07. The number of carboxylic acid groups (broad SMARTS) is 1. The highest BCUT2D eigenvalue weighted by Crippen LogP contribution is 2.16. The molecule has 0 saturated heterocycles. The molecule has 2 heterocycles. The van der Waals surface area contributed by atoms with Crippen LogP contribution in [0, 0.1) is 0 Å². The van der Waals surface area contributed by atoms with Crippen molar-refractivity contribution in [3.8, 4) is 0 Å². The van der Waals surface area contributed by atoms with Crippen LogP contribution in [0.5, 0.6) is 0 Å². The van der Waals surface area contributed by atoms with Gasteiger partial charge in [-0.2, -0.15) is 0 Å². The minimum absolute atomic E-state index is 0.0677. The molecule has 0 aromatic carbocycles. The van der Waals surface area contributed by atoms with E-state index in [1.807, 2.05) is 0 Å². The lowest BCUT2D eigenvalue weighted by atomic mass is 10.3. The average Bonchev–Trinajstić information content (AvgIpc) is 2.80. The molecule has 0 bridgehead atoms. The molecular weight excluding hydrogens is 224 g/mol. The van der Waals surface area contributed by atoms with E-state index in [1.54, 1.807) is 6.07 Å². The summed E-state index contributed by atoms with van der Waals surface area (Å²) in [6, 6.07) is 4.52. The second-order valence-corrected chi connectivity index (χ2v) is 3.28. The van der Waals surface area contributed by atoms with Gasteiger partial charge in [-0.15, -0.1) is 0 Å². The Morgan fingerprint density at radius 1 is 1.47 bits per heavy atom. The zero-order valence-corrected chi connectivity index (χ0v) is 8.75. The van der Waals surface area contributed by atoms with Gasteiger partial charge in [0.05, 0.1) is 12.2 Å². The Hall–Kier alpha value is -2.57. The number of carboxylic acids is 1. The van der Waals surface area contributed by atoms with Gasteiger partial charge in [-0.3, -0.25) is 0 Å². The normalized spacial score (nSPS) is 10.1. The Labute approximate surface area is 96.2 Å². The fourth-order valence-electron chi connectivity index (χ4n) is 1.23. The lowest BCUT2D eigenvalue weighted by Gasteiger charge is -2.07. The summed E-state index contributed by atoms with van der Waals surface area (Å²) in [4.78, 5) is 14.6. The second kappa shape index (κ2) is 4.52. The number of hydrogen-bond acceptors (Lipinski definition) is 6. The Kier molecular flexibility index (Phi) is 2.91. The monoisotopic (exact) mass is 234 g/mol. The third kappa shape index (κ3) is 2.51. The molecule has 17 heavy (non-hydrogen) atoms. The van der Waals surface area contributed by atoms with Gasteiger partial charge in [-0.25, -0.2) is 9.78 Å². The van der Waals surface area contributed by atoms with Crippen molar-refractivity contribution in [3.63, 3.8) is 0 Å². The van der Waals surface area contributed by atoms with Gasteiger partial charge in [0.25, 0.3) is 0 Å². The number of nitrogens with two attached hydrogens (primary N) is 1. The van der Waals surface area contributed by atoms with Crippen molar-refractivity contribution >= 4 is 17.5 Å². The largest absolute Gasteiger partial charge is 0.477 e. The van der Waals surface area contributed by atoms with Crippen molar-refractivity contribution in [2.45, 2.75) is 6.54 Å². The fraction of sp³-hybridized carbons (Fsp3) is 0.100. The number of rotatable bonds is 4. The highest BCUT2D eigenvalue weighted by molar-refractivity contribution is 5.86. The fourth-order valence-corrected chi connectivity index (χ4v) is 1.23. The van der Waals surface area contributed by atoms with Crippen LogP contribution in [0.4, 0.5) is 11.5 Å². The molecule has 88 valence electrons. The van der Waals surface area contributed by atoms with E-state index >= 15 is 0 Å². The summed E-state index contributed by atoms with van der Waals surface area (Å²) < 4.78 is 4.66. The molecule has 7 heteroatoms. The van der Waals surface area contributed by atoms with Crippen LogP contribution >= 0.6 is 0 Å². The summed E-state index contributed by atoms with van der Waals surface area (Å²) in [5.41, 5.74) is 6.65. The van der Waals surface area contributed by atoms with E-state index in [2.05, 4.69) is 20.0 Å². The van der Waals surface area contributed by atoms with Gasteiger partial charge in [0.2, 0.25) is 0 Å². The summed E-state index contributed by atoms with van der Waals surface area (Å²) in [6.45, 7) is 0.358. The van der Waals surface area contributed by atoms with Gasteiger partial charge in [0, 0.05) is 6.07 Å². The van der Waals surface area contributed by atoms with E-state index in [-0.39, 0.29) is 5.69 Å². The van der Waals surface area contributed by atoms with Gasteiger partial charge in [0.15, 0.2) is 11.5 Å². The maximum Gasteiger partial charge on any atom is 0.354 e. The summed E-state index contributed by atoms with van der Waals surface area (Å²) in [6.07, 6.45) is 1.45. The van der Waals surface area contributed by atoms with Crippen molar-refractivity contribution in [2.24, 2.45) is 0 Å². The van der Waals surface area contributed by atoms with E-state index in [4.69, 9.17) is 10.8 Å². The molecule has 0 aliphatic carbocycles. The van der Waals surface area contributed by atoms with Crippen molar-refractivity contribution in [2.75, 3.05) is 11.1 Å². The first kappa shape index (κ1) is 10.9. The van der Waals surface area contributed by atoms with Crippen LogP contribution in [-0.4, -0.2) is 21.2 Å². The van der Waals surface area contributed by atoms with Gasteiger partial charge in [-0.05, 0) is 12.1 Å². The number of nitrogens with zero attached hydrogens (tertiary/aromatic N) is 2. The van der Waals surface area contributed by atoms with Crippen molar-refractivity contribution < 1.29 is 14.4 Å². The summed E-state index contributed by atoms with van der Waals surface area (Å²) in [7, 11) is 0. The lowest BCUT2D eigenvalue weighted by Crippen LogP contribution is -2.08. The summed E-state index contributed by atoms with van der Waals surface area (Å²) >= 11 is 0. The van der Waals surface area contributed by atoms with E-state index in [0.717, 1.165) is 0 Å². The van der Waals surface area contributed by atoms with Crippen molar-refractivity contribution in [1.82, 2.24) is 10.1 Å². The van der Waals surface area contributed by atoms with Crippen LogP contribution in [-0.2, 0) is 6.54 Å². The Bertz CT molecular complexity index is 524. The number of nitrogen functional groups attached to an aromatic ring is 1. The SMILES string of the molecule is Nc1ccc(C(=O)O)nc1NCc1ccon1. The summed E-state index contributed by atoms with van der Waals surface area (Å²) in [5.74, 6) is -0.789. The minimum atomic E-state index is -1.10. The number of anilines is 2. The van der Waals surface area contributed by atoms with Crippen LogP contribution in [0.25, 0.3) is 0 Å². The highest BCUT2D eigenvalue weighted by Gasteiger charge is 2.08. The molecule has 0 unspecified atom stereocenters. The molecule has 2 aromatic rings. The first-order valence-electron chi connectivity index (χ1n) is 4.80. The van der Waals surface area contributed by atoms with E-state index in [9.17, 15) is 4.79 Å². The Morgan fingerprint density at radius 2 is 2.29 bits per heavy atom.